The maximum atomic E-state index is 11.7. The first-order valence-corrected chi connectivity index (χ1v) is 10.5. The van der Waals surface area contributed by atoms with Crippen LogP contribution in [-0.4, -0.2) is 20.7 Å². The van der Waals surface area contributed by atoms with Crippen molar-refractivity contribution in [1.29, 1.82) is 0 Å². The minimum absolute atomic E-state index is 0.105. The summed E-state index contributed by atoms with van der Waals surface area (Å²) < 4.78 is 6.76. The van der Waals surface area contributed by atoms with Crippen LogP contribution in [0.4, 0.5) is 0 Å². The second-order valence-corrected chi connectivity index (χ2v) is 11.9. The number of hydrogen-bond donors (Lipinski definition) is 0. The molecule has 0 heterocycles. The van der Waals surface area contributed by atoms with Crippen molar-refractivity contribution in [2.75, 3.05) is 0 Å². The average molecular weight is 341 g/mol. The predicted octanol–water partition coefficient (Wildman–Crippen LogP) is 3.79. The SMILES string of the molecule is CC(C)[C@@H](C=O)O[Si](c1ccccc1)(c1ccccc1)C(C)(C)C. The van der Waals surface area contributed by atoms with E-state index >= 15 is 0 Å². The number of carbonyl (C=O) groups is 1. The van der Waals surface area contributed by atoms with Gasteiger partial charge in [0, 0.05) is 0 Å². The van der Waals surface area contributed by atoms with E-state index in [4.69, 9.17) is 4.43 Å². The summed E-state index contributed by atoms with van der Waals surface area (Å²) in [5.74, 6) is 0.143. The van der Waals surface area contributed by atoms with Gasteiger partial charge in [0.15, 0.2) is 0 Å². The van der Waals surface area contributed by atoms with Gasteiger partial charge in [-0.15, -0.1) is 0 Å². The standard InChI is InChI=1S/C21H28O2Si/c1-17(2)20(16-22)23-24(21(3,4)5,18-12-8-6-9-13-18)19-14-10-7-11-15-19/h6-17,20H,1-5H3/t20-/m1/s1. The quantitative estimate of drug-likeness (QED) is 0.591. The summed E-state index contributed by atoms with van der Waals surface area (Å²) in [7, 11) is -2.63. The van der Waals surface area contributed by atoms with E-state index in [2.05, 4.69) is 69.3 Å². The molecule has 24 heavy (non-hydrogen) atoms. The molecule has 0 aliphatic rings. The van der Waals surface area contributed by atoms with Crippen molar-refractivity contribution < 1.29 is 9.22 Å². The average Bonchev–Trinajstić information content (AvgIpc) is 2.56. The molecule has 128 valence electrons. The molecule has 0 aliphatic carbocycles. The monoisotopic (exact) mass is 340 g/mol. The molecule has 1 atom stereocenters. The third-order valence-corrected chi connectivity index (χ3v) is 9.55. The first kappa shape index (κ1) is 18.6. The fourth-order valence-corrected chi connectivity index (χ4v) is 7.97. The van der Waals surface area contributed by atoms with E-state index in [1.807, 2.05) is 26.0 Å². The van der Waals surface area contributed by atoms with E-state index in [0.717, 1.165) is 6.29 Å². The first-order chi connectivity index (χ1) is 11.3. The smallest absolute Gasteiger partial charge is 0.262 e. The number of carbonyl (C=O) groups excluding carboxylic acids is 1. The van der Waals surface area contributed by atoms with Gasteiger partial charge in [0.1, 0.15) is 12.4 Å². The van der Waals surface area contributed by atoms with Crippen LogP contribution in [0.5, 0.6) is 0 Å². The Morgan fingerprint density at radius 1 is 0.875 bits per heavy atom. The Kier molecular flexibility index (Phi) is 5.78. The Hall–Kier alpha value is -1.71. The van der Waals surface area contributed by atoms with Crippen molar-refractivity contribution >= 4 is 25.0 Å². The van der Waals surface area contributed by atoms with Gasteiger partial charge in [-0.1, -0.05) is 95.3 Å². The third-order valence-electron chi connectivity index (χ3n) is 4.52. The van der Waals surface area contributed by atoms with E-state index in [-0.39, 0.29) is 11.0 Å². The van der Waals surface area contributed by atoms with Crippen LogP contribution in [0.3, 0.4) is 0 Å². The summed E-state index contributed by atoms with van der Waals surface area (Å²) in [6.45, 7) is 10.7. The molecular formula is C21H28O2Si. The second-order valence-electron chi connectivity index (χ2n) is 7.63. The Balaban J connectivity index is 2.73. The predicted molar refractivity (Wildman–Crippen MR) is 103 cm³/mol. The highest BCUT2D eigenvalue weighted by Gasteiger charge is 2.51. The Labute approximate surface area is 147 Å². The van der Waals surface area contributed by atoms with Gasteiger partial charge in [0.25, 0.3) is 8.32 Å². The normalized spacial score (nSPS) is 13.8. The molecule has 0 aromatic heterocycles. The molecule has 0 unspecified atom stereocenters. The highest BCUT2D eigenvalue weighted by atomic mass is 28.4. The first-order valence-electron chi connectivity index (χ1n) is 8.57. The molecule has 0 aliphatic heterocycles. The zero-order valence-electron chi connectivity index (χ0n) is 15.3. The van der Waals surface area contributed by atoms with Crippen molar-refractivity contribution in [3.8, 4) is 0 Å². The summed E-state index contributed by atoms with van der Waals surface area (Å²) in [5.41, 5.74) is 0. The minimum atomic E-state index is -2.63. The van der Waals surface area contributed by atoms with Crippen LogP contribution in [0.25, 0.3) is 0 Å². The molecule has 0 bridgehead atoms. The lowest BCUT2D eigenvalue weighted by Crippen LogP contribution is -2.68. The van der Waals surface area contributed by atoms with Crippen molar-refractivity contribution in [2.45, 2.75) is 45.8 Å². The Morgan fingerprint density at radius 2 is 1.29 bits per heavy atom. The summed E-state index contributed by atoms with van der Waals surface area (Å²) >= 11 is 0. The lowest BCUT2D eigenvalue weighted by molar-refractivity contribution is -0.115. The largest absolute Gasteiger partial charge is 0.397 e. The summed E-state index contributed by atoms with van der Waals surface area (Å²) in [6, 6.07) is 20.9. The fraction of sp³-hybridized carbons (Fsp3) is 0.381. The van der Waals surface area contributed by atoms with Crippen molar-refractivity contribution in [1.82, 2.24) is 0 Å². The van der Waals surface area contributed by atoms with Gasteiger partial charge in [0.2, 0.25) is 0 Å². The van der Waals surface area contributed by atoms with Gasteiger partial charge >= 0.3 is 0 Å². The Bertz CT molecular complexity index is 605. The number of rotatable bonds is 6. The van der Waals surface area contributed by atoms with Crippen molar-refractivity contribution in [3.05, 3.63) is 60.7 Å². The molecule has 0 saturated heterocycles. The van der Waals surface area contributed by atoms with Crippen LogP contribution in [0.2, 0.25) is 5.04 Å². The molecule has 0 fully saturated rings. The maximum Gasteiger partial charge on any atom is 0.262 e. The van der Waals surface area contributed by atoms with Crippen LogP contribution >= 0.6 is 0 Å². The maximum absolute atomic E-state index is 11.7. The lowest BCUT2D eigenvalue weighted by Gasteiger charge is -2.45. The molecule has 2 rings (SSSR count). The van der Waals surface area contributed by atoms with Gasteiger partial charge in [-0.25, -0.2) is 0 Å². The van der Waals surface area contributed by atoms with Crippen LogP contribution in [0.1, 0.15) is 34.6 Å². The number of aldehydes is 1. The molecule has 3 heteroatoms. The van der Waals surface area contributed by atoms with Gasteiger partial charge in [-0.2, -0.15) is 0 Å². The van der Waals surface area contributed by atoms with E-state index in [1.54, 1.807) is 0 Å². The zero-order valence-corrected chi connectivity index (χ0v) is 16.3. The Morgan fingerprint density at radius 3 is 1.58 bits per heavy atom. The molecule has 0 saturated carbocycles. The fourth-order valence-electron chi connectivity index (χ4n) is 3.22. The molecule has 0 radical (unpaired) electrons. The number of hydrogen-bond acceptors (Lipinski definition) is 2. The van der Waals surface area contributed by atoms with E-state index in [0.29, 0.717) is 0 Å². The van der Waals surface area contributed by atoms with Gasteiger partial charge < -0.3 is 9.22 Å². The molecular weight excluding hydrogens is 312 g/mol. The van der Waals surface area contributed by atoms with Crippen molar-refractivity contribution in [2.24, 2.45) is 5.92 Å². The van der Waals surface area contributed by atoms with Gasteiger partial charge in [-0.3, -0.25) is 0 Å². The topological polar surface area (TPSA) is 26.3 Å². The van der Waals surface area contributed by atoms with E-state index in [1.165, 1.54) is 10.4 Å². The summed E-state index contributed by atoms with van der Waals surface area (Å²) in [6.07, 6.45) is 0.556. The molecule has 2 nitrogen and oxygen atoms in total. The molecule has 2 aromatic carbocycles. The summed E-state index contributed by atoms with van der Waals surface area (Å²) in [5, 5.41) is 2.30. The van der Waals surface area contributed by atoms with Crippen molar-refractivity contribution in [3.63, 3.8) is 0 Å². The van der Waals surface area contributed by atoms with Gasteiger partial charge in [0.05, 0.1) is 0 Å². The molecule has 0 N–H and O–H groups in total. The number of benzene rings is 2. The van der Waals surface area contributed by atoms with Crippen LogP contribution in [-0.2, 0) is 9.22 Å². The highest BCUT2D eigenvalue weighted by Crippen LogP contribution is 2.37. The lowest BCUT2D eigenvalue weighted by atomic mass is 10.1. The highest BCUT2D eigenvalue weighted by molar-refractivity contribution is 6.99. The van der Waals surface area contributed by atoms with Crippen LogP contribution < -0.4 is 10.4 Å². The molecule has 2 aromatic rings. The van der Waals surface area contributed by atoms with E-state index in [9.17, 15) is 4.79 Å². The zero-order chi connectivity index (χ0) is 17.8. The summed E-state index contributed by atoms with van der Waals surface area (Å²) in [4.78, 5) is 11.7. The van der Waals surface area contributed by atoms with Gasteiger partial charge in [-0.05, 0) is 21.3 Å². The molecule has 0 spiro atoms. The third kappa shape index (κ3) is 3.52. The van der Waals surface area contributed by atoms with Crippen LogP contribution in [0, 0.1) is 5.92 Å². The van der Waals surface area contributed by atoms with E-state index < -0.39 is 14.4 Å². The van der Waals surface area contributed by atoms with Crippen LogP contribution in [0.15, 0.2) is 60.7 Å². The molecule has 0 amide bonds. The minimum Gasteiger partial charge on any atom is -0.397 e. The second kappa shape index (κ2) is 7.45.